The van der Waals surface area contributed by atoms with Crippen molar-refractivity contribution >= 4 is 30.1 Å². The molecule has 0 aliphatic carbocycles. The maximum Gasteiger partial charge on any atom is 0.343 e. The molecule has 12 nitrogen and oxygen atoms in total. The van der Waals surface area contributed by atoms with Crippen LogP contribution in [0.15, 0.2) is 92.0 Å². The van der Waals surface area contributed by atoms with E-state index in [0.717, 1.165) is 17.7 Å². The first kappa shape index (κ1) is 40.7. The molecule has 3 rings (SSSR count). The lowest BCUT2D eigenvalue weighted by Gasteiger charge is -2.21. The Bertz CT molecular complexity index is 1680. The summed E-state index contributed by atoms with van der Waals surface area (Å²) in [5, 5.41) is 5.83. The second kappa shape index (κ2) is 20.8. The highest BCUT2D eigenvalue weighted by Crippen LogP contribution is 2.22. The summed E-state index contributed by atoms with van der Waals surface area (Å²) < 4.78 is 38.5. The molecule has 276 valence electrons. The summed E-state index contributed by atoms with van der Waals surface area (Å²) in [7, 11) is 0. The molecule has 3 aromatic rings. The molecule has 0 aliphatic heterocycles. The Balaban J connectivity index is 1.47. The molecule has 0 heterocycles. The molecule has 0 spiro atoms. The molecule has 1 unspecified atom stereocenters. The summed E-state index contributed by atoms with van der Waals surface area (Å²) in [4.78, 5) is 48.3. The molecule has 0 saturated heterocycles. The van der Waals surface area contributed by atoms with E-state index in [1.54, 1.807) is 54.6 Å². The lowest BCUT2D eigenvalue weighted by molar-refractivity contribution is -0.148. The zero-order valence-corrected chi connectivity index (χ0v) is 29.8. The van der Waals surface area contributed by atoms with Gasteiger partial charge in [-0.25, -0.2) is 19.2 Å². The van der Waals surface area contributed by atoms with Gasteiger partial charge >= 0.3 is 23.9 Å². The van der Waals surface area contributed by atoms with Crippen molar-refractivity contribution in [1.29, 1.82) is 0 Å². The summed E-state index contributed by atoms with van der Waals surface area (Å²) in [6.45, 7) is 13.4. The highest BCUT2D eigenvalue weighted by atomic mass is 16.6. The van der Waals surface area contributed by atoms with E-state index in [2.05, 4.69) is 13.2 Å². The van der Waals surface area contributed by atoms with Gasteiger partial charge in [0.2, 0.25) is 0 Å². The van der Waals surface area contributed by atoms with E-state index in [-0.39, 0.29) is 43.3 Å². The van der Waals surface area contributed by atoms with E-state index in [1.807, 2.05) is 20.8 Å². The smallest absolute Gasteiger partial charge is 0.343 e. The fourth-order valence-electron chi connectivity index (χ4n) is 4.45. The van der Waals surface area contributed by atoms with Crippen LogP contribution >= 0.6 is 0 Å². The second-order valence-corrected chi connectivity index (χ2v) is 12.3. The minimum absolute atomic E-state index is 0.0122. The van der Waals surface area contributed by atoms with E-state index >= 15 is 0 Å². The minimum atomic E-state index is -0.721. The summed E-state index contributed by atoms with van der Waals surface area (Å²) in [5.41, 5.74) is 1.65. The van der Waals surface area contributed by atoms with Crippen LogP contribution in [0, 0.1) is 0 Å². The van der Waals surface area contributed by atoms with Crippen LogP contribution in [0.1, 0.15) is 65.5 Å². The van der Waals surface area contributed by atoms with Crippen LogP contribution < -0.4 is 19.6 Å². The molecule has 0 amide bonds. The molecule has 0 radical (unpaired) electrons. The highest BCUT2D eigenvalue weighted by Gasteiger charge is 2.17. The largest absolute Gasteiger partial charge is 0.490 e. The van der Waals surface area contributed by atoms with E-state index in [4.69, 9.17) is 38.6 Å². The molecule has 2 N–H and O–H groups in total. The van der Waals surface area contributed by atoms with Crippen molar-refractivity contribution in [2.24, 2.45) is 0 Å². The summed E-state index contributed by atoms with van der Waals surface area (Å²) in [6.07, 6.45) is 4.40. The van der Waals surface area contributed by atoms with Crippen LogP contribution in [0.4, 0.5) is 0 Å². The quantitative estimate of drug-likeness (QED) is 0.0408. The molecule has 0 bridgehead atoms. The normalized spacial score (nSPS) is 11.4. The van der Waals surface area contributed by atoms with Crippen molar-refractivity contribution in [1.82, 2.24) is 0 Å². The molecule has 0 aromatic heterocycles. The lowest BCUT2D eigenvalue weighted by Crippen LogP contribution is -2.30. The van der Waals surface area contributed by atoms with Gasteiger partial charge < -0.3 is 33.2 Å². The molecule has 0 aliphatic rings. The Kier molecular flexibility index (Phi) is 16.3. The Hall–Kier alpha value is -5.75. The number of carbonyl (C=O) groups is 4. The second-order valence-electron chi connectivity index (χ2n) is 12.3. The number of benzene rings is 3. The fourth-order valence-corrected chi connectivity index (χ4v) is 4.45. The van der Waals surface area contributed by atoms with Crippen molar-refractivity contribution in [3.63, 3.8) is 0 Å². The Morgan fingerprint density at radius 3 is 2.02 bits per heavy atom. The highest BCUT2D eigenvalue weighted by molar-refractivity contribution is 5.93. The van der Waals surface area contributed by atoms with Crippen LogP contribution in [0.25, 0.3) is 0 Å². The van der Waals surface area contributed by atoms with Gasteiger partial charge in [-0.1, -0.05) is 19.2 Å². The van der Waals surface area contributed by atoms with Gasteiger partial charge in [0.15, 0.2) is 12.3 Å². The number of carbonyl (C=O) groups excluding carboxylic acids is 4. The standard InChI is InChI=1S/C40H45NO11/c1-6-36(42)47-22-9-8-21-46-26-34(50-37(43)7-2)27-49-32-15-11-30(12-16-32)39(45)51-35-19-10-28(24-31(35)25-41)20-23-48-38(44)29-13-17-33(18-14-29)52-40(3,4)5/h6-7,10-19,24-25,34,41H,1-2,8-9,20-23,26-27H2,3-5H3/p+1. The lowest BCUT2D eigenvalue weighted by atomic mass is 10.1. The molecule has 52 heavy (non-hydrogen) atoms. The number of esters is 4. The molecule has 12 heteroatoms. The summed E-state index contributed by atoms with van der Waals surface area (Å²) >= 11 is 0. The van der Waals surface area contributed by atoms with Crippen LogP contribution in [0.3, 0.4) is 0 Å². The first-order chi connectivity index (χ1) is 24.9. The number of hydrogen-bond donors (Lipinski definition) is 1. The molecule has 0 saturated carbocycles. The monoisotopic (exact) mass is 716 g/mol. The SMILES string of the molecule is C=CC(=O)OCCCCOCC(COc1ccc(C(=O)Oc2ccc(CCOC(=O)c3ccc(OC(C)(C)C)cc3)cc2C=[NH2+])cc1)OC(=O)C=C. The third kappa shape index (κ3) is 14.6. The number of hydrogen-bond acceptors (Lipinski definition) is 11. The van der Waals surface area contributed by atoms with Crippen molar-refractivity contribution in [2.45, 2.75) is 51.7 Å². The van der Waals surface area contributed by atoms with Gasteiger partial charge in [-0.3, -0.25) is 5.41 Å². The zero-order valence-electron chi connectivity index (χ0n) is 29.8. The molecule has 0 fully saturated rings. The number of unbranched alkanes of at least 4 members (excludes halogenated alkanes) is 1. The van der Waals surface area contributed by atoms with E-state index in [0.29, 0.717) is 48.5 Å². The fraction of sp³-hybridized carbons (Fsp3) is 0.325. The van der Waals surface area contributed by atoms with Gasteiger partial charge in [-0.15, -0.1) is 0 Å². The Morgan fingerprint density at radius 1 is 0.750 bits per heavy atom. The van der Waals surface area contributed by atoms with Gasteiger partial charge in [-0.05, 0) is 99.8 Å². The number of nitrogens with two attached hydrogens (primary N) is 1. The molecular formula is C40H46NO11+. The first-order valence-electron chi connectivity index (χ1n) is 16.7. The predicted octanol–water partition coefficient (Wildman–Crippen LogP) is 4.66. The van der Waals surface area contributed by atoms with Gasteiger partial charge in [0.25, 0.3) is 0 Å². The van der Waals surface area contributed by atoms with E-state index in [9.17, 15) is 19.2 Å². The average molecular weight is 717 g/mol. The topological polar surface area (TPSA) is 158 Å². The van der Waals surface area contributed by atoms with Crippen molar-refractivity contribution in [3.05, 3.63) is 114 Å². The van der Waals surface area contributed by atoms with Crippen LogP contribution in [-0.4, -0.2) is 74.8 Å². The molecule has 1 atom stereocenters. The van der Waals surface area contributed by atoms with Crippen LogP contribution in [-0.2, 0) is 35.0 Å². The zero-order chi connectivity index (χ0) is 37.9. The van der Waals surface area contributed by atoms with Gasteiger partial charge in [0.05, 0.1) is 36.5 Å². The summed E-state index contributed by atoms with van der Waals surface area (Å²) in [6, 6.07) is 18.2. The maximum atomic E-state index is 12.9. The minimum Gasteiger partial charge on any atom is -0.490 e. The molecule has 3 aromatic carbocycles. The van der Waals surface area contributed by atoms with E-state index < -0.39 is 30.0 Å². The average Bonchev–Trinajstić information content (AvgIpc) is 3.13. The molecular weight excluding hydrogens is 670 g/mol. The maximum absolute atomic E-state index is 12.9. The Labute approximate surface area is 303 Å². The van der Waals surface area contributed by atoms with Crippen molar-refractivity contribution in [2.75, 3.05) is 33.0 Å². The van der Waals surface area contributed by atoms with Gasteiger partial charge in [0, 0.05) is 25.2 Å². The van der Waals surface area contributed by atoms with Crippen LogP contribution in [0.5, 0.6) is 17.2 Å². The van der Waals surface area contributed by atoms with Gasteiger partial charge in [0.1, 0.15) is 29.5 Å². The number of ether oxygens (including phenoxy) is 7. The summed E-state index contributed by atoms with van der Waals surface area (Å²) in [5.74, 6) is -0.820. The van der Waals surface area contributed by atoms with Gasteiger partial charge in [-0.2, -0.15) is 0 Å². The predicted molar refractivity (Wildman–Crippen MR) is 193 cm³/mol. The Morgan fingerprint density at radius 2 is 1.38 bits per heavy atom. The van der Waals surface area contributed by atoms with Crippen LogP contribution in [0.2, 0.25) is 0 Å². The van der Waals surface area contributed by atoms with Crippen molar-refractivity contribution < 1.29 is 57.7 Å². The van der Waals surface area contributed by atoms with Crippen molar-refractivity contribution in [3.8, 4) is 17.2 Å². The van der Waals surface area contributed by atoms with E-state index in [1.165, 1.54) is 18.3 Å². The first-order valence-corrected chi connectivity index (χ1v) is 16.7. The number of rotatable bonds is 21. The third-order valence-corrected chi connectivity index (χ3v) is 6.97. The third-order valence-electron chi connectivity index (χ3n) is 6.97.